The number of carbonyl (C=O) groups excluding carboxylic acids is 2. The van der Waals surface area contributed by atoms with Crippen molar-refractivity contribution in [3.05, 3.63) is 77.4 Å². The molecule has 0 aromatic heterocycles. The molecule has 0 saturated carbocycles. The van der Waals surface area contributed by atoms with Crippen LogP contribution in [0.2, 0.25) is 0 Å². The van der Waals surface area contributed by atoms with E-state index < -0.39 is 17.7 Å². The summed E-state index contributed by atoms with van der Waals surface area (Å²) in [5, 5.41) is 11.2. The van der Waals surface area contributed by atoms with Crippen LogP contribution in [0.3, 0.4) is 0 Å². The fraction of sp³-hybridized carbons (Fsp3) is 0.308. The highest BCUT2D eigenvalue weighted by molar-refractivity contribution is 6.46. The molecule has 1 atom stereocenters. The Morgan fingerprint density at radius 2 is 1.88 bits per heavy atom. The van der Waals surface area contributed by atoms with E-state index in [1.807, 2.05) is 38.1 Å². The Labute approximate surface area is 194 Å². The molecule has 174 valence electrons. The number of rotatable bonds is 9. The average molecular weight is 451 g/mol. The molecule has 1 saturated heterocycles. The minimum absolute atomic E-state index is 0.0723. The number of amides is 1. The summed E-state index contributed by atoms with van der Waals surface area (Å²) in [5.41, 5.74) is 2.03. The number of likely N-dealkylation sites (N-methyl/N-ethyl adjacent to an activating group) is 1. The van der Waals surface area contributed by atoms with Gasteiger partial charge < -0.3 is 24.4 Å². The van der Waals surface area contributed by atoms with Crippen LogP contribution in [0.5, 0.6) is 11.5 Å². The normalized spacial score (nSPS) is 17.5. The Morgan fingerprint density at radius 1 is 1.18 bits per heavy atom. The number of methoxy groups -OCH3 is 1. The molecule has 33 heavy (non-hydrogen) atoms. The van der Waals surface area contributed by atoms with E-state index in [-0.39, 0.29) is 11.3 Å². The van der Waals surface area contributed by atoms with Crippen molar-refractivity contribution in [2.45, 2.75) is 13.0 Å². The first kappa shape index (κ1) is 24.1. The molecule has 2 aromatic rings. The number of hydrogen-bond acceptors (Lipinski definition) is 6. The third-order valence-corrected chi connectivity index (χ3v) is 5.56. The number of ether oxygens (including phenoxy) is 2. The SMILES string of the molecule is C=CCOc1ccc(C(O)=C2C(=O)C(=O)N(CCN(C)C)[C@@H]2c2ccc(OC)cc2)cc1C. The molecule has 0 aliphatic carbocycles. The maximum Gasteiger partial charge on any atom is 0.295 e. The Kier molecular flexibility index (Phi) is 7.55. The molecule has 7 nitrogen and oxygen atoms in total. The van der Waals surface area contributed by atoms with Crippen LogP contribution < -0.4 is 9.47 Å². The van der Waals surface area contributed by atoms with Crippen molar-refractivity contribution in [3.8, 4) is 11.5 Å². The van der Waals surface area contributed by atoms with E-state index in [4.69, 9.17) is 9.47 Å². The minimum atomic E-state index is -0.701. The van der Waals surface area contributed by atoms with Crippen molar-refractivity contribution in [3.63, 3.8) is 0 Å². The summed E-state index contributed by atoms with van der Waals surface area (Å²) in [6, 6.07) is 11.6. The van der Waals surface area contributed by atoms with E-state index in [0.717, 1.165) is 11.1 Å². The van der Waals surface area contributed by atoms with Crippen molar-refractivity contribution < 1.29 is 24.2 Å². The van der Waals surface area contributed by atoms with Gasteiger partial charge >= 0.3 is 0 Å². The molecule has 0 unspecified atom stereocenters. The molecule has 1 fully saturated rings. The van der Waals surface area contributed by atoms with Gasteiger partial charge in [-0.3, -0.25) is 9.59 Å². The number of hydrogen-bond donors (Lipinski definition) is 1. The van der Waals surface area contributed by atoms with Crippen LogP contribution in [0, 0.1) is 6.92 Å². The zero-order valence-electron chi connectivity index (χ0n) is 19.5. The number of ketones is 1. The highest BCUT2D eigenvalue weighted by atomic mass is 16.5. The minimum Gasteiger partial charge on any atom is -0.507 e. The summed E-state index contributed by atoms with van der Waals surface area (Å²) >= 11 is 0. The number of nitrogens with zero attached hydrogens (tertiary/aromatic N) is 2. The largest absolute Gasteiger partial charge is 0.507 e. The lowest BCUT2D eigenvalue weighted by molar-refractivity contribution is -0.140. The predicted octanol–water partition coefficient (Wildman–Crippen LogP) is 3.55. The van der Waals surface area contributed by atoms with Crippen LogP contribution in [0.15, 0.2) is 60.7 Å². The van der Waals surface area contributed by atoms with Gasteiger partial charge in [0.15, 0.2) is 0 Å². The number of carbonyl (C=O) groups is 2. The van der Waals surface area contributed by atoms with Crippen molar-refractivity contribution in [1.29, 1.82) is 0 Å². The number of benzene rings is 2. The number of likely N-dealkylation sites (tertiary alicyclic amines) is 1. The van der Waals surface area contributed by atoms with Crippen LogP contribution in [0.4, 0.5) is 0 Å². The summed E-state index contributed by atoms with van der Waals surface area (Å²) in [4.78, 5) is 29.5. The van der Waals surface area contributed by atoms with Gasteiger partial charge in [0.2, 0.25) is 0 Å². The molecule has 0 spiro atoms. The highest BCUT2D eigenvalue weighted by Gasteiger charge is 2.45. The molecule has 7 heteroatoms. The molecule has 0 radical (unpaired) electrons. The van der Waals surface area contributed by atoms with Crippen LogP contribution in [-0.2, 0) is 9.59 Å². The van der Waals surface area contributed by atoms with Gasteiger partial charge in [-0.1, -0.05) is 24.8 Å². The molecule has 3 rings (SSSR count). The third kappa shape index (κ3) is 5.09. The van der Waals surface area contributed by atoms with E-state index in [9.17, 15) is 14.7 Å². The third-order valence-electron chi connectivity index (χ3n) is 5.56. The van der Waals surface area contributed by atoms with Crippen molar-refractivity contribution >= 4 is 17.4 Å². The second kappa shape index (κ2) is 10.4. The van der Waals surface area contributed by atoms with E-state index in [0.29, 0.717) is 36.8 Å². The molecule has 1 aliphatic heterocycles. The molecule has 0 bridgehead atoms. The fourth-order valence-corrected chi connectivity index (χ4v) is 3.81. The first-order valence-corrected chi connectivity index (χ1v) is 10.7. The first-order valence-electron chi connectivity index (χ1n) is 10.7. The highest BCUT2D eigenvalue weighted by Crippen LogP contribution is 2.40. The maximum absolute atomic E-state index is 13.1. The van der Waals surface area contributed by atoms with Gasteiger partial charge in [0.05, 0.1) is 18.7 Å². The Hall–Kier alpha value is -3.58. The Bertz CT molecular complexity index is 1070. The van der Waals surface area contributed by atoms with Crippen molar-refractivity contribution in [2.24, 2.45) is 0 Å². The topological polar surface area (TPSA) is 79.3 Å². The van der Waals surface area contributed by atoms with Crippen LogP contribution in [0.1, 0.15) is 22.7 Å². The standard InChI is InChI=1S/C26H30N2O5/c1-6-15-33-21-12-9-19(16-17(21)2)24(29)22-23(18-7-10-20(32-5)11-8-18)28(14-13-27(3)4)26(31)25(22)30/h6-12,16,23,29H,1,13-15H2,2-5H3/t23-/m1/s1. The van der Waals surface area contributed by atoms with Gasteiger partial charge in [0.25, 0.3) is 11.7 Å². The van der Waals surface area contributed by atoms with Crippen molar-refractivity contribution in [1.82, 2.24) is 9.80 Å². The molecule has 1 aliphatic rings. The molecular weight excluding hydrogens is 420 g/mol. The number of aliphatic hydroxyl groups is 1. The molecule has 2 aromatic carbocycles. The quantitative estimate of drug-likeness (QED) is 0.272. The monoisotopic (exact) mass is 450 g/mol. The summed E-state index contributed by atoms with van der Waals surface area (Å²) < 4.78 is 10.8. The van der Waals surface area contributed by atoms with E-state index in [1.165, 1.54) is 4.90 Å². The number of Topliss-reactive ketones (excluding diaryl/α,β-unsaturated/α-hetero) is 1. The van der Waals surface area contributed by atoms with Gasteiger partial charge in [0, 0.05) is 18.7 Å². The second-order valence-corrected chi connectivity index (χ2v) is 8.15. The van der Waals surface area contributed by atoms with Crippen LogP contribution >= 0.6 is 0 Å². The van der Waals surface area contributed by atoms with E-state index in [2.05, 4.69) is 6.58 Å². The zero-order valence-corrected chi connectivity index (χ0v) is 19.5. The van der Waals surface area contributed by atoms with Gasteiger partial charge in [-0.15, -0.1) is 0 Å². The van der Waals surface area contributed by atoms with Crippen LogP contribution in [-0.4, -0.2) is 67.5 Å². The van der Waals surface area contributed by atoms with Gasteiger partial charge in [-0.25, -0.2) is 0 Å². The molecule has 1 amide bonds. The second-order valence-electron chi connectivity index (χ2n) is 8.15. The van der Waals surface area contributed by atoms with E-state index >= 15 is 0 Å². The van der Waals surface area contributed by atoms with Crippen LogP contribution in [0.25, 0.3) is 5.76 Å². The first-order chi connectivity index (χ1) is 15.8. The Balaban J connectivity index is 2.09. The number of aliphatic hydroxyl groups excluding tert-OH is 1. The summed E-state index contributed by atoms with van der Waals surface area (Å²) in [6.07, 6.45) is 1.65. The smallest absolute Gasteiger partial charge is 0.295 e. The van der Waals surface area contributed by atoms with E-state index in [1.54, 1.807) is 43.5 Å². The lowest BCUT2D eigenvalue weighted by Gasteiger charge is -2.26. The summed E-state index contributed by atoms with van der Waals surface area (Å²) in [5.74, 6) is -0.210. The van der Waals surface area contributed by atoms with Gasteiger partial charge in [0.1, 0.15) is 23.9 Å². The molecule has 1 heterocycles. The van der Waals surface area contributed by atoms with Gasteiger partial charge in [-0.05, 0) is 62.5 Å². The summed E-state index contributed by atoms with van der Waals surface area (Å²) in [7, 11) is 5.37. The lowest BCUT2D eigenvalue weighted by atomic mass is 9.94. The fourth-order valence-electron chi connectivity index (χ4n) is 3.81. The molecular formula is C26H30N2O5. The predicted molar refractivity (Wildman–Crippen MR) is 127 cm³/mol. The summed E-state index contributed by atoms with van der Waals surface area (Å²) in [6.45, 7) is 6.78. The van der Waals surface area contributed by atoms with Crippen molar-refractivity contribution in [2.75, 3.05) is 40.9 Å². The molecule has 1 N–H and O–H groups in total. The lowest BCUT2D eigenvalue weighted by Crippen LogP contribution is -2.35. The number of aryl methyl sites for hydroxylation is 1. The Morgan fingerprint density at radius 3 is 2.45 bits per heavy atom. The van der Waals surface area contributed by atoms with Gasteiger partial charge in [-0.2, -0.15) is 0 Å². The zero-order chi connectivity index (χ0) is 24.1. The maximum atomic E-state index is 13.1. The average Bonchev–Trinajstić information content (AvgIpc) is 3.06.